The molecule has 0 fully saturated rings. The molecule has 0 aliphatic rings. The molecule has 0 saturated heterocycles. The summed E-state index contributed by atoms with van der Waals surface area (Å²) in [5.41, 5.74) is -1.25. The summed E-state index contributed by atoms with van der Waals surface area (Å²) in [6, 6.07) is 6.69. The lowest BCUT2D eigenvalue weighted by atomic mass is 10.1. The normalized spacial score (nSPS) is 12.6. The van der Waals surface area contributed by atoms with Crippen LogP contribution < -0.4 is 14.2 Å². The molecular formula is C26H18F10O3. The van der Waals surface area contributed by atoms with Gasteiger partial charge in [0.05, 0.1) is 17.9 Å². The summed E-state index contributed by atoms with van der Waals surface area (Å²) < 4.78 is 150. The third kappa shape index (κ3) is 7.80. The predicted molar refractivity (Wildman–Crippen MR) is 118 cm³/mol. The molecule has 0 heterocycles. The molecule has 0 N–H and O–H groups in total. The Kier molecular flexibility index (Phi) is 8.71. The van der Waals surface area contributed by atoms with Crippen molar-refractivity contribution in [1.82, 2.24) is 0 Å². The van der Waals surface area contributed by atoms with Crippen LogP contribution in [0.2, 0.25) is 0 Å². The van der Waals surface area contributed by atoms with Crippen LogP contribution in [-0.2, 0) is 18.6 Å². The van der Waals surface area contributed by atoms with Gasteiger partial charge in [-0.25, -0.2) is 13.2 Å². The Bertz CT molecular complexity index is 1300. The van der Waals surface area contributed by atoms with Crippen LogP contribution in [0.5, 0.6) is 17.2 Å². The van der Waals surface area contributed by atoms with Gasteiger partial charge >= 0.3 is 18.4 Å². The number of hydrogen-bond acceptors (Lipinski definition) is 3. The number of allylic oxidation sites excluding steroid dienone is 1. The molecule has 3 aromatic rings. The number of aryl methyl sites for hydroxylation is 1. The fourth-order valence-electron chi connectivity index (χ4n) is 3.25. The molecule has 0 spiro atoms. The van der Waals surface area contributed by atoms with Crippen molar-refractivity contribution in [2.45, 2.75) is 38.2 Å². The summed E-state index contributed by atoms with van der Waals surface area (Å²) in [6.07, 6.45) is -12.5. The first-order valence-electron chi connectivity index (χ1n) is 11.0. The lowest BCUT2D eigenvalue weighted by Crippen LogP contribution is -2.24. The Balaban J connectivity index is 1.76. The highest BCUT2D eigenvalue weighted by Gasteiger charge is 2.40. The summed E-state index contributed by atoms with van der Waals surface area (Å²) in [5, 5.41) is 0. The molecule has 0 radical (unpaired) electrons. The lowest BCUT2D eigenvalue weighted by molar-refractivity contribution is -0.188. The minimum absolute atomic E-state index is 0.0688. The molecule has 0 aromatic heterocycles. The van der Waals surface area contributed by atoms with Crippen molar-refractivity contribution in [2.75, 3.05) is 0 Å². The topological polar surface area (TPSA) is 27.7 Å². The van der Waals surface area contributed by atoms with Gasteiger partial charge in [-0.2, -0.15) is 30.7 Å². The smallest absolute Gasteiger partial charge is 0.429 e. The Morgan fingerprint density at radius 3 is 1.79 bits per heavy atom. The van der Waals surface area contributed by atoms with Crippen LogP contribution in [0, 0.1) is 17.5 Å². The highest BCUT2D eigenvalue weighted by atomic mass is 19.4. The van der Waals surface area contributed by atoms with Crippen LogP contribution in [0.4, 0.5) is 43.9 Å². The largest absolute Gasteiger partial charge is 0.459 e. The zero-order chi connectivity index (χ0) is 29.0. The van der Waals surface area contributed by atoms with Crippen molar-refractivity contribution in [1.29, 1.82) is 0 Å². The van der Waals surface area contributed by atoms with Gasteiger partial charge in [-0.3, -0.25) is 0 Å². The van der Waals surface area contributed by atoms with Gasteiger partial charge in [0.1, 0.15) is 22.9 Å². The molecule has 13 heteroatoms. The summed E-state index contributed by atoms with van der Waals surface area (Å²) in [5.74, 6) is -8.49. The number of halogens is 10. The van der Waals surface area contributed by atoms with Crippen molar-refractivity contribution >= 4 is 0 Å². The Morgan fingerprint density at radius 2 is 1.26 bits per heavy atom. The zero-order valence-corrected chi connectivity index (χ0v) is 19.8. The van der Waals surface area contributed by atoms with Gasteiger partial charge < -0.3 is 14.2 Å². The first-order chi connectivity index (χ1) is 18.1. The molecule has 0 saturated carbocycles. The first kappa shape index (κ1) is 29.7. The van der Waals surface area contributed by atoms with Gasteiger partial charge in [-0.1, -0.05) is 25.5 Å². The maximum absolute atomic E-state index is 14.6. The Hall–Kier alpha value is -3.90. The van der Waals surface area contributed by atoms with Gasteiger partial charge in [0.15, 0.2) is 17.4 Å². The molecule has 0 aliphatic heterocycles. The van der Waals surface area contributed by atoms with E-state index in [1.165, 1.54) is 12.1 Å². The van der Waals surface area contributed by atoms with E-state index in [0.29, 0.717) is 18.6 Å². The van der Waals surface area contributed by atoms with E-state index in [1.807, 2.05) is 6.92 Å². The van der Waals surface area contributed by atoms with E-state index in [0.717, 1.165) is 24.1 Å². The summed E-state index contributed by atoms with van der Waals surface area (Å²) in [4.78, 5) is 0. The highest BCUT2D eigenvalue weighted by Crippen LogP contribution is 2.38. The van der Waals surface area contributed by atoms with E-state index < -0.39 is 70.3 Å². The van der Waals surface area contributed by atoms with Crippen LogP contribution in [0.1, 0.15) is 30.0 Å². The van der Waals surface area contributed by atoms with Gasteiger partial charge in [-0.15, -0.1) is 0 Å². The average molecular weight is 568 g/mol. The highest BCUT2D eigenvalue weighted by molar-refractivity contribution is 5.37. The molecule has 39 heavy (non-hydrogen) atoms. The monoisotopic (exact) mass is 568 g/mol. The van der Waals surface area contributed by atoms with E-state index in [4.69, 9.17) is 0 Å². The molecule has 3 nitrogen and oxygen atoms in total. The van der Waals surface area contributed by atoms with Gasteiger partial charge in [0.25, 0.3) is 0 Å². The molecule has 3 rings (SSSR count). The summed E-state index contributed by atoms with van der Waals surface area (Å²) in [7, 11) is 0. The molecule has 0 unspecified atom stereocenters. The van der Waals surface area contributed by atoms with E-state index in [-0.39, 0.29) is 24.5 Å². The van der Waals surface area contributed by atoms with Crippen LogP contribution in [0.3, 0.4) is 0 Å². The number of benzene rings is 3. The zero-order valence-electron chi connectivity index (χ0n) is 19.8. The molecule has 0 atom stereocenters. The third-order valence-electron chi connectivity index (χ3n) is 4.99. The van der Waals surface area contributed by atoms with E-state index >= 15 is 0 Å². The fraction of sp³-hybridized carbons (Fsp3) is 0.231. The second-order valence-electron chi connectivity index (χ2n) is 8.00. The van der Waals surface area contributed by atoms with Crippen molar-refractivity contribution in [3.8, 4) is 17.2 Å². The summed E-state index contributed by atoms with van der Waals surface area (Å²) in [6.45, 7) is 1.91. The molecule has 3 aromatic carbocycles. The van der Waals surface area contributed by atoms with E-state index in [9.17, 15) is 43.9 Å². The molecule has 0 aliphatic carbocycles. The lowest BCUT2D eigenvalue weighted by Gasteiger charge is -2.21. The van der Waals surface area contributed by atoms with Crippen molar-refractivity contribution in [2.24, 2.45) is 0 Å². The quantitative estimate of drug-likeness (QED) is 0.181. The molecular weight excluding hydrogens is 550 g/mol. The molecule has 210 valence electrons. The average Bonchev–Trinajstić information content (AvgIpc) is 2.80. The second kappa shape index (κ2) is 11.5. The van der Waals surface area contributed by atoms with Crippen molar-refractivity contribution in [3.05, 3.63) is 101 Å². The van der Waals surface area contributed by atoms with Crippen LogP contribution >= 0.6 is 0 Å². The van der Waals surface area contributed by atoms with Crippen molar-refractivity contribution < 1.29 is 58.1 Å². The van der Waals surface area contributed by atoms with Crippen LogP contribution in [0.25, 0.3) is 0 Å². The minimum Gasteiger partial charge on any atom is -0.459 e. The number of ether oxygens (including phenoxy) is 3. The standard InChI is InChI=1S/C26H18F10O3/c1-2-3-15-4-6-16(7-5-15)25(33,34)38-17-8-9-19(20(27)12-17)26(35,36)39-18-13-21(28)23(22(29)14-18)37-11-10-24(30,31)32/h4-14H,2-3H2,1H3. The number of rotatable bonds is 10. The Morgan fingerprint density at radius 1 is 0.692 bits per heavy atom. The van der Waals surface area contributed by atoms with Gasteiger partial charge in [0, 0.05) is 18.2 Å². The summed E-state index contributed by atoms with van der Waals surface area (Å²) >= 11 is 0. The minimum atomic E-state index is -4.85. The molecule has 0 bridgehead atoms. The van der Waals surface area contributed by atoms with Crippen LogP contribution in [-0.4, -0.2) is 6.18 Å². The predicted octanol–water partition coefficient (Wildman–Crippen LogP) is 8.77. The number of hydrogen-bond donors (Lipinski definition) is 0. The maximum Gasteiger partial charge on any atom is 0.429 e. The first-order valence-corrected chi connectivity index (χ1v) is 11.0. The van der Waals surface area contributed by atoms with E-state index in [1.54, 1.807) is 0 Å². The van der Waals surface area contributed by atoms with Gasteiger partial charge in [0.2, 0.25) is 0 Å². The van der Waals surface area contributed by atoms with Crippen LogP contribution in [0.15, 0.2) is 66.9 Å². The third-order valence-corrected chi connectivity index (χ3v) is 4.99. The van der Waals surface area contributed by atoms with Gasteiger partial charge in [-0.05, 0) is 36.2 Å². The molecule has 0 amide bonds. The SMILES string of the molecule is CCCc1ccc(C(F)(F)Oc2ccc(C(F)(F)Oc3cc(F)c(OC=CC(F)(F)F)c(F)c3)c(F)c2)cc1. The number of alkyl halides is 7. The maximum atomic E-state index is 14.6. The van der Waals surface area contributed by atoms with Crippen molar-refractivity contribution in [3.63, 3.8) is 0 Å². The van der Waals surface area contributed by atoms with E-state index in [2.05, 4.69) is 14.2 Å². The second-order valence-corrected chi connectivity index (χ2v) is 8.00. The Labute approximate surface area is 215 Å². The fourth-order valence-corrected chi connectivity index (χ4v) is 3.25.